The minimum absolute atomic E-state index is 0.256. The van der Waals surface area contributed by atoms with Crippen molar-refractivity contribution >= 4 is 21.4 Å². The largest absolute Gasteiger partial charge is 0.320 e. The van der Waals surface area contributed by atoms with Gasteiger partial charge in [-0.3, -0.25) is 0 Å². The predicted octanol–water partition coefficient (Wildman–Crippen LogP) is 4.54. The molecule has 0 aliphatic carbocycles. The van der Waals surface area contributed by atoms with Crippen LogP contribution < -0.4 is 5.73 Å². The van der Waals surface area contributed by atoms with Crippen LogP contribution in [-0.2, 0) is 0 Å². The smallest absolute Gasteiger partial charge is 0.123 e. The van der Waals surface area contributed by atoms with Crippen LogP contribution in [0.1, 0.15) is 22.0 Å². The number of fused-ring (bicyclic) bond motifs is 1. The van der Waals surface area contributed by atoms with Crippen LogP contribution in [0.4, 0.5) is 8.78 Å². The Balaban J connectivity index is 2.05. The molecule has 0 fully saturated rings. The number of thiophene rings is 1. The average molecular weight is 289 g/mol. The molecule has 20 heavy (non-hydrogen) atoms. The van der Waals surface area contributed by atoms with E-state index in [9.17, 15) is 8.78 Å². The summed E-state index contributed by atoms with van der Waals surface area (Å²) in [4.78, 5) is 0.945. The first kappa shape index (κ1) is 13.2. The van der Waals surface area contributed by atoms with Crippen LogP contribution >= 0.6 is 11.3 Å². The molecule has 1 aromatic heterocycles. The van der Waals surface area contributed by atoms with Crippen molar-refractivity contribution in [3.63, 3.8) is 0 Å². The van der Waals surface area contributed by atoms with Crippen LogP contribution in [0.2, 0.25) is 0 Å². The molecule has 1 nitrogen and oxygen atoms in total. The monoisotopic (exact) mass is 289 g/mol. The topological polar surface area (TPSA) is 26.0 Å². The highest BCUT2D eigenvalue weighted by Gasteiger charge is 2.15. The molecule has 0 saturated carbocycles. The van der Waals surface area contributed by atoms with Gasteiger partial charge in [0, 0.05) is 9.58 Å². The highest BCUT2D eigenvalue weighted by Crippen LogP contribution is 2.33. The fraction of sp³-hybridized carbons (Fsp3) is 0.125. The summed E-state index contributed by atoms with van der Waals surface area (Å²) in [7, 11) is 0. The first-order chi connectivity index (χ1) is 9.54. The Kier molecular flexibility index (Phi) is 3.28. The van der Waals surface area contributed by atoms with Gasteiger partial charge < -0.3 is 5.73 Å². The molecule has 1 unspecified atom stereocenters. The SMILES string of the molecule is Cc1cc(F)ccc1C(N)c1cc2cc(F)ccc2s1. The molecule has 2 aromatic carbocycles. The summed E-state index contributed by atoms with van der Waals surface area (Å²) in [5.74, 6) is -0.523. The van der Waals surface area contributed by atoms with Crippen molar-refractivity contribution in [2.45, 2.75) is 13.0 Å². The zero-order chi connectivity index (χ0) is 14.3. The molecule has 0 saturated heterocycles. The fourth-order valence-electron chi connectivity index (χ4n) is 2.33. The maximum Gasteiger partial charge on any atom is 0.123 e. The summed E-state index contributed by atoms with van der Waals surface area (Å²) in [5, 5.41) is 0.847. The van der Waals surface area contributed by atoms with Gasteiger partial charge in [-0.05, 0) is 59.8 Å². The Morgan fingerprint density at radius 1 is 1.00 bits per heavy atom. The molecule has 0 spiro atoms. The number of nitrogens with two attached hydrogens (primary N) is 1. The molecule has 3 aromatic rings. The third-order valence-corrected chi connectivity index (χ3v) is 4.57. The number of aryl methyl sites for hydroxylation is 1. The lowest BCUT2D eigenvalue weighted by Gasteiger charge is -2.13. The summed E-state index contributed by atoms with van der Waals surface area (Å²) in [6, 6.07) is 10.9. The number of hydrogen-bond acceptors (Lipinski definition) is 2. The second-order valence-corrected chi connectivity index (χ2v) is 5.92. The van der Waals surface area contributed by atoms with Gasteiger partial charge in [0.1, 0.15) is 11.6 Å². The third-order valence-electron chi connectivity index (χ3n) is 3.37. The van der Waals surface area contributed by atoms with E-state index in [-0.39, 0.29) is 17.7 Å². The number of benzene rings is 2. The molecule has 102 valence electrons. The molecule has 0 bridgehead atoms. The second-order valence-electron chi connectivity index (χ2n) is 4.81. The van der Waals surface area contributed by atoms with E-state index >= 15 is 0 Å². The molecule has 0 aliphatic rings. The van der Waals surface area contributed by atoms with E-state index in [2.05, 4.69) is 0 Å². The Hall–Kier alpha value is -1.78. The van der Waals surface area contributed by atoms with Gasteiger partial charge in [-0.1, -0.05) is 6.07 Å². The fourth-order valence-corrected chi connectivity index (χ4v) is 3.39. The Morgan fingerprint density at radius 3 is 2.45 bits per heavy atom. The summed E-state index contributed by atoms with van der Waals surface area (Å²) in [6.45, 7) is 1.84. The van der Waals surface area contributed by atoms with Crippen molar-refractivity contribution in [2.24, 2.45) is 5.73 Å². The first-order valence-electron chi connectivity index (χ1n) is 6.25. The molecule has 1 heterocycles. The van der Waals surface area contributed by atoms with Crippen LogP contribution in [0, 0.1) is 18.6 Å². The summed E-state index contributed by atoms with van der Waals surface area (Å²) in [5.41, 5.74) is 7.97. The normalized spacial score (nSPS) is 12.8. The van der Waals surface area contributed by atoms with Crippen molar-refractivity contribution in [3.05, 3.63) is 70.1 Å². The molecule has 0 aliphatic heterocycles. The van der Waals surface area contributed by atoms with Crippen molar-refractivity contribution < 1.29 is 8.78 Å². The van der Waals surface area contributed by atoms with Gasteiger partial charge in [0.15, 0.2) is 0 Å². The van der Waals surface area contributed by atoms with Crippen molar-refractivity contribution in [3.8, 4) is 0 Å². The van der Waals surface area contributed by atoms with E-state index in [1.165, 1.54) is 35.6 Å². The number of halogens is 2. The van der Waals surface area contributed by atoms with E-state index in [4.69, 9.17) is 5.73 Å². The highest BCUT2D eigenvalue weighted by molar-refractivity contribution is 7.19. The van der Waals surface area contributed by atoms with Crippen molar-refractivity contribution in [1.29, 1.82) is 0 Å². The van der Waals surface area contributed by atoms with Crippen LogP contribution in [0.3, 0.4) is 0 Å². The molecular formula is C16H13F2NS. The second kappa shape index (κ2) is 4.96. The Morgan fingerprint density at radius 2 is 1.70 bits per heavy atom. The van der Waals surface area contributed by atoms with Crippen LogP contribution in [0.25, 0.3) is 10.1 Å². The number of rotatable bonds is 2. The molecule has 4 heteroatoms. The zero-order valence-corrected chi connectivity index (χ0v) is 11.7. The molecule has 3 rings (SSSR count). The van der Waals surface area contributed by atoms with E-state index in [1.54, 1.807) is 12.1 Å². The maximum atomic E-state index is 13.2. The van der Waals surface area contributed by atoms with E-state index in [1.807, 2.05) is 13.0 Å². The van der Waals surface area contributed by atoms with E-state index in [0.29, 0.717) is 0 Å². The van der Waals surface area contributed by atoms with Gasteiger partial charge >= 0.3 is 0 Å². The molecule has 2 N–H and O–H groups in total. The predicted molar refractivity (Wildman–Crippen MR) is 79.0 cm³/mol. The van der Waals surface area contributed by atoms with Crippen LogP contribution in [0.5, 0.6) is 0 Å². The average Bonchev–Trinajstić information content (AvgIpc) is 2.81. The molecule has 0 radical (unpaired) electrons. The van der Waals surface area contributed by atoms with Crippen molar-refractivity contribution in [1.82, 2.24) is 0 Å². The van der Waals surface area contributed by atoms with Gasteiger partial charge in [0.05, 0.1) is 6.04 Å². The van der Waals surface area contributed by atoms with Crippen molar-refractivity contribution in [2.75, 3.05) is 0 Å². The summed E-state index contributed by atoms with van der Waals surface area (Å²) < 4.78 is 27.4. The minimum Gasteiger partial charge on any atom is -0.320 e. The summed E-state index contributed by atoms with van der Waals surface area (Å²) in [6.07, 6.45) is 0. The summed E-state index contributed by atoms with van der Waals surface area (Å²) >= 11 is 1.54. The highest BCUT2D eigenvalue weighted by atomic mass is 32.1. The van der Waals surface area contributed by atoms with Crippen LogP contribution in [-0.4, -0.2) is 0 Å². The zero-order valence-electron chi connectivity index (χ0n) is 10.9. The van der Waals surface area contributed by atoms with E-state index in [0.717, 1.165) is 26.1 Å². The molecular weight excluding hydrogens is 276 g/mol. The van der Waals surface area contributed by atoms with Gasteiger partial charge in [0.25, 0.3) is 0 Å². The lowest BCUT2D eigenvalue weighted by atomic mass is 10.0. The van der Waals surface area contributed by atoms with Gasteiger partial charge in [-0.2, -0.15) is 0 Å². The molecule has 0 amide bonds. The van der Waals surface area contributed by atoms with Gasteiger partial charge in [-0.15, -0.1) is 11.3 Å². The van der Waals surface area contributed by atoms with Crippen LogP contribution in [0.15, 0.2) is 42.5 Å². The van der Waals surface area contributed by atoms with Gasteiger partial charge in [0.2, 0.25) is 0 Å². The Bertz CT molecular complexity index is 779. The quantitative estimate of drug-likeness (QED) is 0.736. The minimum atomic E-state index is -0.323. The Labute approximate surface area is 119 Å². The third kappa shape index (κ3) is 2.32. The molecule has 1 atom stereocenters. The van der Waals surface area contributed by atoms with E-state index < -0.39 is 0 Å². The first-order valence-corrected chi connectivity index (χ1v) is 7.07. The van der Waals surface area contributed by atoms with Gasteiger partial charge in [-0.25, -0.2) is 8.78 Å². The number of hydrogen-bond donors (Lipinski definition) is 1. The maximum absolute atomic E-state index is 13.2. The standard InChI is InChI=1S/C16H13F2NS/c1-9-6-11(17)2-4-13(9)16(19)15-8-10-7-12(18)3-5-14(10)20-15/h2-8,16H,19H2,1H3. The lowest BCUT2D eigenvalue weighted by molar-refractivity contribution is 0.625. The lowest BCUT2D eigenvalue weighted by Crippen LogP contribution is -2.11.